The predicted molar refractivity (Wildman–Crippen MR) is 103 cm³/mol. The monoisotopic (exact) mass is 376 g/mol. The summed E-state index contributed by atoms with van der Waals surface area (Å²) in [5.74, 6) is 0.742. The van der Waals surface area contributed by atoms with Gasteiger partial charge in [-0.1, -0.05) is 0 Å². The van der Waals surface area contributed by atoms with Gasteiger partial charge in [0.2, 0.25) is 0 Å². The zero-order valence-electron chi connectivity index (χ0n) is 14.9. The van der Waals surface area contributed by atoms with E-state index < -0.39 is 0 Å². The van der Waals surface area contributed by atoms with E-state index in [-0.39, 0.29) is 5.91 Å². The average Bonchev–Trinajstić information content (AvgIpc) is 3.33. The van der Waals surface area contributed by atoms with Crippen molar-refractivity contribution in [3.8, 4) is 0 Å². The second-order valence-corrected chi connectivity index (χ2v) is 6.94. The summed E-state index contributed by atoms with van der Waals surface area (Å²) >= 11 is 1.65. The first-order valence-electron chi connectivity index (χ1n) is 8.67. The fourth-order valence-corrected chi connectivity index (χ4v) is 3.46. The number of hydrogen-bond acceptors (Lipinski definition) is 6. The van der Waals surface area contributed by atoms with Crippen molar-refractivity contribution in [1.29, 1.82) is 0 Å². The number of piperazine rings is 1. The fourth-order valence-electron chi connectivity index (χ4n) is 2.76. The molecule has 1 saturated heterocycles. The zero-order chi connectivity index (χ0) is 18.4. The predicted octanol–water partition coefficient (Wildman–Crippen LogP) is 1.30. The molecule has 26 heavy (non-hydrogen) atoms. The van der Waals surface area contributed by atoms with Crippen LogP contribution >= 0.6 is 11.3 Å². The van der Waals surface area contributed by atoms with Gasteiger partial charge in [-0.2, -0.15) is 0 Å². The minimum atomic E-state index is -0.192. The molecule has 8 nitrogen and oxygen atoms in total. The van der Waals surface area contributed by atoms with E-state index in [1.165, 1.54) is 6.26 Å². The van der Waals surface area contributed by atoms with Crippen molar-refractivity contribution < 1.29 is 9.21 Å². The molecule has 0 aliphatic carbocycles. The van der Waals surface area contributed by atoms with Crippen molar-refractivity contribution in [3.63, 3.8) is 0 Å². The molecule has 0 unspecified atom stereocenters. The molecule has 0 aromatic carbocycles. The number of furan rings is 1. The van der Waals surface area contributed by atoms with Gasteiger partial charge in [0.1, 0.15) is 0 Å². The first-order valence-corrected chi connectivity index (χ1v) is 9.54. The second-order valence-electron chi connectivity index (χ2n) is 6.07. The molecule has 0 bridgehead atoms. The standard InChI is InChI=1S/C17H24N6O2S/c1-13-3-11-25-14(13)15(24)19-4-2-5-20-16(18)22-7-9-23(10-8-22)17-21-6-12-26-17/h3,6,11-12H,2,4-5,7-10H2,1H3,(H2,18,20)(H,19,24). The molecule has 0 radical (unpaired) electrons. The number of hydrogen-bond donors (Lipinski definition) is 2. The summed E-state index contributed by atoms with van der Waals surface area (Å²) in [5.41, 5.74) is 6.93. The van der Waals surface area contributed by atoms with Gasteiger partial charge in [-0.05, 0) is 19.4 Å². The molecule has 0 saturated carbocycles. The number of aromatic nitrogens is 1. The van der Waals surface area contributed by atoms with E-state index in [4.69, 9.17) is 10.2 Å². The molecular formula is C17H24N6O2S. The molecule has 140 valence electrons. The van der Waals surface area contributed by atoms with Crippen LogP contribution in [0, 0.1) is 6.92 Å². The van der Waals surface area contributed by atoms with Gasteiger partial charge in [-0.25, -0.2) is 4.98 Å². The van der Waals surface area contributed by atoms with Crippen molar-refractivity contribution >= 4 is 28.3 Å². The van der Waals surface area contributed by atoms with Crippen molar-refractivity contribution in [2.24, 2.45) is 10.7 Å². The normalized spacial score (nSPS) is 15.3. The highest BCUT2D eigenvalue weighted by Crippen LogP contribution is 2.18. The lowest BCUT2D eigenvalue weighted by Crippen LogP contribution is -2.51. The average molecular weight is 376 g/mol. The lowest BCUT2D eigenvalue weighted by Gasteiger charge is -2.35. The van der Waals surface area contributed by atoms with Crippen LogP contribution < -0.4 is 16.0 Å². The minimum Gasteiger partial charge on any atom is -0.459 e. The third kappa shape index (κ3) is 4.54. The Balaban J connectivity index is 1.35. The van der Waals surface area contributed by atoms with E-state index in [0.29, 0.717) is 24.8 Å². The summed E-state index contributed by atoms with van der Waals surface area (Å²) in [4.78, 5) is 25.0. The number of nitrogens with two attached hydrogens (primary N) is 1. The van der Waals surface area contributed by atoms with Crippen LogP contribution in [0.5, 0.6) is 0 Å². The lowest BCUT2D eigenvalue weighted by atomic mass is 10.2. The Kier molecular flexibility index (Phi) is 6.11. The number of aliphatic imine (C=N–C) groups is 1. The number of carbonyl (C=O) groups excluding carboxylic acids is 1. The smallest absolute Gasteiger partial charge is 0.287 e. The van der Waals surface area contributed by atoms with Gasteiger partial charge in [0.25, 0.3) is 5.91 Å². The van der Waals surface area contributed by atoms with Crippen LogP contribution in [0.3, 0.4) is 0 Å². The number of carbonyl (C=O) groups is 1. The number of nitrogens with one attached hydrogen (secondary N) is 1. The van der Waals surface area contributed by atoms with Gasteiger partial charge in [-0.15, -0.1) is 11.3 Å². The third-order valence-corrected chi connectivity index (χ3v) is 5.09. The van der Waals surface area contributed by atoms with Crippen molar-refractivity contribution in [1.82, 2.24) is 15.2 Å². The molecule has 3 heterocycles. The maximum absolute atomic E-state index is 11.9. The quantitative estimate of drug-likeness (QED) is 0.448. The number of guanidine groups is 1. The Hall–Kier alpha value is -2.55. The van der Waals surface area contributed by atoms with Crippen LogP contribution in [-0.4, -0.2) is 61.0 Å². The van der Waals surface area contributed by atoms with Crippen LogP contribution in [0.1, 0.15) is 22.5 Å². The minimum absolute atomic E-state index is 0.192. The van der Waals surface area contributed by atoms with Crippen molar-refractivity contribution in [2.45, 2.75) is 13.3 Å². The Morgan fingerprint density at radius 2 is 2.23 bits per heavy atom. The molecule has 0 atom stereocenters. The maximum atomic E-state index is 11.9. The lowest BCUT2D eigenvalue weighted by molar-refractivity contribution is 0.0925. The van der Waals surface area contributed by atoms with Crippen LogP contribution in [0.2, 0.25) is 0 Å². The highest BCUT2D eigenvalue weighted by atomic mass is 32.1. The molecule has 2 aromatic rings. The molecule has 0 spiro atoms. The highest BCUT2D eigenvalue weighted by Gasteiger charge is 2.19. The van der Waals surface area contributed by atoms with E-state index in [9.17, 15) is 4.79 Å². The van der Waals surface area contributed by atoms with Gasteiger partial charge >= 0.3 is 0 Å². The molecule has 3 N–H and O–H groups in total. The van der Waals surface area contributed by atoms with Gasteiger partial charge in [0.15, 0.2) is 16.9 Å². The SMILES string of the molecule is Cc1ccoc1C(=O)NCCCN=C(N)N1CCN(c2nccs2)CC1. The van der Waals surface area contributed by atoms with Crippen molar-refractivity contribution in [3.05, 3.63) is 35.2 Å². The number of amides is 1. The molecule has 1 amide bonds. The summed E-state index contributed by atoms with van der Waals surface area (Å²) in [7, 11) is 0. The molecule has 3 rings (SSSR count). The number of thiazole rings is 1. The molecule has 1 aliphatic heterocycles. The van der Waals surface area contributed by atoms with Crippen LogP contribution in [0.25, 0.3) is 0 Å². The van der Waals surface area contributed by atoms with Gasteiger partial charge in [0, 0.05) is 56.4 Å². The van der Waals surface area contributed by atoms with Gasteiger partial charge in [0.05, 0.1) is 6.26 Å². The molecule has 1 aliphatic rings. The van der Waals surface area contributed by atoms with E-state index in [2.05, 4.69) is 25.1 Å². The van der Waals surface area contributed by atoms with Crippen molar-refractivity contribution in [2.75, 3.05) is 44.2 Å². The zero-order valence-corrected chi connectivity index (χ0v) is 15.7. The Bertz CT molecular complexity index is 734. The maximum Gasteiger partial charge on any atom is 0.287 e. The Morgan fingerprint density at radius 1 is 1.42 bits per heavy atom. The molecule has 1 fully saturated rings. The van der Waals surface area contributed by atoms with E-state index in [1.807, 2.05) is 18.5 Å². The van der Waals surface area contributed by atoms with Crippen LogP contribution in [0.15, 0.2) is 33.3 Å². The van der Waals surface area contributed by atoms with E-state index in [0.717, 1.165) is 43.3 Å². The largest absolute Gasteiger partial charge is 0.459 e. The highest BCUT2D eigenvalue weighted by molar-refractivity contribution is 7.13. The van der Waals surface area contributed by atoms with Gasteiger partial charge < -0.3 is 25.3 Å². The Labute approximate surface area is 156 Å². The first-order chi connectivity index (χ1) is 12.6. The summed E-state index contributed by atoms with van der Waals surface area (Å²) in [6.45, 7) is 6.42. The Morgan fingerprint density at radius 3 is 2.88 bits per heavy atom. The van der Waals surface area contributed by atoms with Gasteiger partial charge in [-0.3, -0.25) is 9.79 Å². The fraction of sp³-hybridized carbons (Fsp3) is 0.471. The molecule has 2 aromatic heterocycles. The first kappa shape index (κ1) is 18.2. The van der Waals surface area contributed by atoms with Crippen LogP contribution in [-0.2, 0) is 0 Å². The molecular weight excluding hydrogens is 352 g/mol. The number of rotatable bonds is 6. The topological polar surface area (TPSA) is 100.0 Å². The van der Waals surface area contributed by atoms with E-state index >= 15 is 0 Å². The molecule has 9 heteroatoms. The summed E-state index contributed by atoms with van der Waals surface area (Å²) in [6, 6.07) is 1.77. The number of aryl methyl sites for hydroxylation is 1. The third-order valence-electron chi connectivity index (χ3n) is 4.26. The summed E-state index contributed by atoms with van der Waals surface area (Å²) in [6.07, 6.45) is 4.07. The second kappa shape index (κ2) is 8.70. The summed E-state index contributed by atoms with van der Waals surface area (Å²) < 4.78 is 5.16. The number of nitrogens with zero attached hydrogens (tertiary/aromatic N) is 4. The van der Waals surface area contributed by atoms with Crippen LogP contribution in [0.4, 0.5) is 5.13 Å². The van der Waals surface area contributed by atoms with E-state index in [1.54, 1.807) is 17.4 Å². The summed E-state index contributed by atoms with van der Waals surface area (Å²) in [5, 5.41) is 5.88. The number of anilines is 1.